The topological polar surface area (TPSA) is 146 Å². The van der Waals surface area contributed by atoms with Crippen LogP contribution in [0.5, 0.6) is 0 Å². The number of rotatable bonds is 3. The van der Waals surface area contributed by atoms with Gasteiger partial charge in [0, 0.05) is 23.4 Å². The van der Waals surface area contributed by atoms with Gasteiger partial charge in [0.1, 0.15) is 0 Å². The number of aliphatic imine (C=N–C) groups is 2. The number of carbonyl (C=O) groups is 1. The van der Waals surface area contributed by atoms with Crippen molar-refractivity contribution in [3.63, 3.8) is 0 Å². The summed E-state index contributed by atoms with van der Waals surface area (Å²) in [6, 6.07) is 19.0. The van der Waals surface area contributed by atoms with E-state index in [0.29, 0.717) is 17.0 Å². The minimum atomic E-state index is -1.22. The van der Waals surface area contributed by atoms with Gasteiger partial charge < -0.3 is 20.8 Å². The lowest BCUT2D eigenvalue weighted by Gasteiger charge is -2.09. The van der Waals surface area contributed by atoms with Gasteiger partial charge in [-0.2, -0.15) is 4.99 Å². The second-order valence-corrected chi connectivity index (χ2v) is 6.59. The van der Waals surface area contributed by atoms with Gasteiger partial charge in [0.2, 0.25) is 17.6 Å². The van der Waals surface area contributed by atoms with E-state index >= 15 is 0 Å². The summed E-state index contributed by atoms with van der Waals surface area (Å²) in [5.74, 6) is -0.817. The number of H-pyrrole nitrogens is 1. The Labute approximate surface area is 176 Å². The smallest absolute Gasteiger partial charge is 0.291 e. The number of amidine groups is 1. The monoisotopic (exact) mass is 414 g/mol. The number of fused-ring (bicyclic) bond motifs is 1. The van der Waals surface area contributed by atoms with Gasteiger partial charge in [-0.15, -0.1) is 0 Å². The number of aromatic nitrogens is 1. The van der Waals surface area contributed by atoms with E-state index in [2.05, 4.69) is 20.3 Å². The molecule has 2 heterocycles. The molecular weight excluding hydrogens is 396 g/mol. The van der Waals surface area contributed by atoms with Crippen LogP contribution in [0.15, 0.2) is 87.7 Å². The fourth-order valence-electron chi connectivity index (χ4n) is 3.02. The van der Waals surface area contributed by atoms with Crippen LogP contribution < -0.4 is 16.6 Å². The number of benzodiazepines with no additional fused rings is 1. The number of pyridine rings is 1. The molecular formula is C22H18N6O3. The summed E-state index contributed by atoms with van der Waals surface area (Å²) in [5.41, 5.74) is 8.57. The van der Waals surface area contributed by atoms with Crippen LogP contribution in [0.3, 0.4) is 0 Å². The number of carbonyl (C=O) groups excluding carboxylic acids is 1. The van der Waals surface area contributed by atoms with Crippen molar-refractivity contribution in [2.45, 2.75) is 6.17 Å². The first-order valence-electron chi connectivity index (χ1n) is 9.33. The van der Waals surface area contributed by atoms with Crippen molar-refractivity contribution >= 4 is 29.2 Å². The highest BCUT2D eigenvalue weighted by atomic mass is 16.5. The third-order valence-corrected chi connectivity index (χ3v) is 4.48. The maximum Gasteiger partial charge on any atom is 0.291 e. The molecule has 1 atom stereocenters. The molecule has 3 aromatic rings. The molecule has 0 spiro atoms. The van der Waals surface area contributed by atoms with Gasteiger partial charge in [0.25, 0.3) is 11.9 Å². The molecule has 1 aliphatic heterocycles. The molecule has 5 N–H and O–H groups in total. The lowest BCUT2D eigenvalue weighted by atomic mass is 10.0. The third-order valence-electron chi connectivity index (χ3n) is 4.48. The predicted octanol–water partition coefficient (Wildman–Crippen LogP) is 1.85. The van der Waals surface area contributed by atoms with Crippen molar-refractivity contribution < 1.29 is 9.53 Å². The van der Waals surface area contributed by atoms with Crippen molar-refractivity contribution in [1.29, 1.82) is 5.41 Å². The van der Waals surface area contributed by atoms with Crippen LogP contribution in [0.4, 0.5) is 5.69 Å². The van der Waals surface area contributed by atoms with E-state index in [1.807, 2.05) is 48.5 Å². The summed E-state index contributed by atoms with van der Waals surface area (Å²) in [6.45, 7) is 0. The van der Waals surface area contributed by atoms with E-state index in [9.17, 15) is 9.59 Å². The number of nitrogens with zero attached hydrogens (tertiary/aromatic N) is 2. The molecule has 1 unspecified atom stereocenters. The molecule has 9 heteroatoms. The third kappa shape index (κ3) is 4.40. The van der Waals surface area contributed by atoms with E-state index in [1.54, 1.807) is 6.07 Å². The Morgan fingerprint density at radius 1 is 1.03 bits per heavy atom. The van der Waals surface area contributed by atoms with Crippen LogP contribution in [0.1, 0.15) is 16.7 Å². The van der Waals surface area contributed by atoms with Crippen molar-refractivity contribution in [2.75, 3.05) is 5.32 Å². The summed E-state index contributed by atoms with van der Waals surface area (Å²) in [6.07, 6.45) is 0.101. The molecule has 0 saturated heterocycles. The van der Waals surface area contributed by atoms with E-state index in [0.717, 1.165) is 11.1 Å². The number of amides is 1. The van der Waals surface area contributed by atoms with Gasteiger partial charge in [0.15, 0.2) is 0 Å². The van der Waals surface area contributed by atoms with Crippen LogP contribution in [0, 0.1) is 5.41 Å². The number of benzene rings is 2. The van der Waals surface area contributed by atoms with Crippen molar-refractivity contribution in [2.24, 2.45) is 15.7 Å². The highest BCUT2D eigenvalue weighted by Gasteiger charge is 2.26. The van der Waals surface area contributed by atoms with Gasteiger partial charge >= 0.3 is 0 Å². The second-order valence-electron chi connectivity index (χ2n) is 6.59. The Hall–Kier alpha value is -4.53. The quantitative estimate of drug-likeness (QED) is 0.383. The molecule has 9 nitrogen and oxygen atoms in total. The number of hydrogen-bond acceptors (Lipinski definition) is 6. The molecule has 1 aliphatic rings. The first kappa shape index (κ1) is 19.8. The highest BCUT2D eigenvalue weighted by Crippen LogP contribution is 2.24. The van der Waals surface area contributed by atoms with E-state index < -0.39 is 18.1 Å². The molecule has 0 radical (unpaired) electrons. The Morgan fingerprint density at radius 2 is 1.77 bits per heavy atom. The Balaban J connectivity index is 1.67. The summed E-state index contributed by atoms with van der Waals surface area (Å²) >= 11 is 0. The standard InChI is InChI=1S/C22H18N6O3/c23-19(14-10-11-17(29)25-12-14)31-22(24)28-20-21(30)26-16-9-5-4-8-15(16)18(27-20)13-6-2-1-3-7-13/h1-12,20,23H,(H2,24,28)(H,25,29)(H,26,30). The van der Waals surface area contributed by atoms with Crippen LogP contribution in [-0.4, -0.2) is 34.7 Å². The average molecular weight is 414 g/mol. The van der Waals surface area contributed by atoms with Gasteiger partial charge in [-0.05, 0) is 12.1 Å². The summed E-state index contributed by atoms with van der Waals surface area (Å²) < 4.78 is 5.23. The Bertz CT molecular complexity index is 1240. The first-order valence-corrected chi connectivity index (χ1v) is 9.33. The molecule has 0 saturated carbocycles. The number of nitrogens with one attached hydrogen (secondary N) is 3. The number of hydrogen-bond donors (Lipinski definition) is 4. The fourth-order valence-corrected chi connectivity index (χ4v) is 3.02. The van der Waals surface area contributed by atoms with Gasteiger partial charge in [-0.1, -0.05) is 48.5 Å². The highest BCUT2D eigenvalue weighted by molar-refractivity contribution is 6.19. The summed E-state index contributed by atoms with van der Waals surface area (Å²) in [5, 5.41) is 10.8. The molecule has 1 amide bonds. The number of anilines is 1. The number of nitrogens with two attached hydrogens (primary N) is 1. The number of ether oxygens (including phenoxy) is 1. The molecule has 4 rings (SSSR count). The predicted molar refractivity (Wildman–Crippen MR) is 118 cm³/mol. The molecule has 0 aliphatic carbocycles. The summed E-state index contributed by atoms with van der Waals surface area (Å²) in [4.78, 5) is 35.0. The van der Waals surface area contributed by atoms with Crippen LogP contribution in [0.25, 0.3) is 0 Å². The largest absolute Gasteiger partial charge is 0.407 e. The molecule has 0 bridgehead atoms. The SMILES string of the molecule is N=C(OC(N)=NC1N=C(c2ccccc2)c2ccccc2NC1=O)c1ccc(=O)[nH]c1. The molecule has 2 aromatic carbocycles. The molecule has 154 valence electrons. The fraction of sp³-hybridized carbons (Fsp3) is 0.0455. The van der Waals surface area contributed by atoms with Gasteiger partial charge in [-0.25, -0.2) is 4.99 Å². The molecule has 31 heavy (non-hydrogen) atoms. The molecule has 0 fully saturated rings. The minimum Gasteiger partial charge on any atom is -0.407 e. The van der Waals surface area contributed by atoms with E-state index in [1.165, 1.54) is 18.3 Å². The van der Waals surface area contributed by atoms with E-state index in [-0.39, 0.29) is 11.5 Å². The van der Waals surface area contributed by atoms with Gasteiger partial charge in [-0.3, -0.25) is 15.0 Å². The van der Waals surface area contributed by atoms with Crippen molar-refractivity contribution in [3.8, 4) is 0 Å². The maximum absolute atomic E-state index is 12.8. The zero-order valence-electron chi connectivity index (χ0n) is 16.2. The van der Waals surface area contributed by atoms with Crippen molar-refractivity contribution in [3.05, 3.63) is 100.0 Å². The lowest BCUT2D eigenvalue weighted by Crippen LogP contribution is -2.29. The van der Waals surface area contributed by atoms with E-state index in [4.69, 9.17) is 15.9 Å². The van der Waals surface area contributed by atoms with Gasteiger partial charge in [0.05, 0.1) is 17.0 Å². The second kappa shape index (κ2) is 8.46. The summed E-state index contributed by atoms with van der Waals surface area (Å²) in [7, 11) is 0. The number of para-hydroxylation sites is 1. The maximum atomic E-state index is 12.8. The Morgan fingerprint density at radius 3 is 2.52 bits per heavy atom. The van der Waals surface area contributed by atoms with Crippen LogP contribution in [-0.2, 0) is 9.53 Å². The zero-order valence-corrected chi connectivity index (χ0v) is 16.2. The first-order chi connectivity index (χ1) is 15.0. The molecule has 1 aromatic heterocycles. The minimum absolute atomic E-state index is 0.295. The van der Waals surface area contributed by atoms with Crippen LogP contribution in [0.2, 0.25) is 0 Å². The Kier molecular flexibility index (Phi) is 5.39. The number of aromatic amines is 1. The lowest BCUT2D eigenvalue weighted by molar-refractivity contribution is -0.117. The normalized spacial score (nSPS) is 15.9. The van der Waals surface area contributed by atoms with Crippen LogP contribution >= 0.6 is 0 Å². The van der Waals surface area contributed by atoms with Crippen molar-refractivity contribution in [1.82, 2.24) is 4.98 Å². The zero-order chi connectivity index (χ0) is 21.8. The average Bonchev–Trinajstić information content (AvgIpc) is 2.91.